The average molecular weight is 215 g/mol. The fraction of sp³-hybridized carbons (Fsp3) is 1.00. The van der Waals surface area contributed by atoms with E-state index in [0.29, 0.717) is 6.61 Å². The van der Waals surface area contributed by atoms with Crippen molar-refractivity contribution >= 4 is 0 Å². The highest BCUT2D eigenvalue weighted by molar-refractivity contribution is 4.89. The van der Waals surface area contributed by atoms with Gasteiger partial charge in [0.05, 0.1) is 13.2 Å². The molecular formula is C12H25NO2. The summed E-state index contributed by atoms with van der Waals surface area (Å²) in [5, 5.41) is 9.46. The number of aliphatic hydroxyl groups is 1. The molecule has 3 heteroatoms. The zero-order valence-electron chi connectivity index (χ0n) is 10.5. The van der Waals surface area contributed by atoms with Crippen LogP contribution in [0.25, 0.3) is 0 Å². The molecule has 3 nitrogen and oxygen atoms in total. The highest BCUT2D eigenvalue weighted by Gasteiger charge is 2.36. The van der Waals surface area contributed by atoms with Crippen LogP contribution in [0.3, 0.4) is 0 Å². The van der Waals surface area contributed by atoms with Crippen LogP contribution in [0, 0.1) is 5.41 Å². The van der Waals surface area contributed by atoms with Gasteiger partial charge in [-0.3, -0.25) is 4.90 Å². The molecule has 15 heavy (non-hydrogen) atoms. The first-order valence-electron chi connectivity index (χ1n) is 5.78. The predicted octanol–water partition coefficient (Wildman–Crippen LogP) is 1.51. The van der Waals surface area contributed by atoms with Crippen LogP contribution in [0.5, 0.6) is 0 Å². The number of hydrogen-bond donors (Lipinski definition) is 1. The van der Waals surface area contributed by atoms with Gasteiger partial charge in [0.2, 0.25) is 0 Å². The van der Waals surface area contributed by atoms with Crippen LogP contribution < -0.4 is 0 Å². The van der Waals surface area contributed by atoms with Crippen molar-refractivity contribution in [2.75, 3.05) is 33.4 Å². The number of likely N-dealkylation sites (tertiary alicyclic amines) is 1. The smallest absolute Gasteiger partial charge is 0.0541 e. The van der Waals surface area contributed by atoms with Gasteiger partial charge in [-0.15, -0.1) is 0 Å². The van der Waals surface area contributed by atoms with E-state index in [-0.39, 0.29) is 17.6 Å². The topological polar surface area (TPSA) is 32.7 Å². The lowest BCUT2D eigenvalue weighted by Crippen LogP contribution is -2.51. The van der Waals surface area contributed by atoms with Crippen molar-refractivity contribution in [3.05, 3.63) is 0 Å². The molecule has 0 unspecified atom stereocenters. The van der Waals surface area contributed by atoms with Crippen LogP contribution in [0.1, 0.15) is 33.6 Å². The van der Waals surface area contributed by atoms with Crippen molar-refractivity contribution in [3.8, 4) is 0 Å². The molecular weight excluding hydrogens is 190 g/mol. The van der Waals surface area contributed by atoms with Gasteiger partial charge in [-0.2, -0.15) is 0 Å². The summed E-state index contributed by atoms with van der Waals surface area (Å²) in [7, 11) is 1.72. The van der Waals surface area contributed by atoms with Crippen molar-refractivity contribution in [1.29, 1.82) is 0 Å². The molecule has 0 saturated carbocycles. The van der Waals surface area contributed by atoms with E-state index in [1.54, 1.807) is 7.11 Å². The summed E-state index contributed by atoms with van der Waals surface area (Å²) in [4.78, 5) is 2.48. The Bertz CT molecular complexity index is 190. The maximum absolute atomic E-state index is 9.46. The van der Waals surface area contributed by atoms with E-state index in [4.69, 9.17) is 4.74 Å². The highest BCUT2D eigenvalue weighted by Crippen LogP contribution is 2.33. The van der Waals surface area contributed by atoms with E-state index in [1.807, 2.05) is 0 Å². The van der Waals surface area contributed by atoms with Gasteiger partial charge in [-0.1, -0.05) is 0 Å². The molecule has 1 rings (SSSR count). The van der Waals surface area contributed by atoms with E-state index in [2.05, 4.69) is 25.7 Å². The zero-order valence-corrected chi connectivity index (χ0v) is 10.5. The Morgan fingerprint density at radius 2 is 1.80 bits per heavy atom. The molecule has 1 aliphatic heterocycles. The second-order valence-electron chi connectivity index (χ2n) is 5.75. The minimum atomic E-state index is 0.0104. The first kappa shape index (κ1) is 12.9. The van der Waals surface area contributed by atoms with E-state index in [0.717, 1.165) is 25.9 Å². The van der Waals surface area contributed by atoms with Gasteiger partial charge in [0.15, 0.2) is 0 Å². The van der Waals surface area contributed by atoms with Gasteiger partial charge in [0.25, 0.3) is 0 Å². The fourth-order valence-corrected chi connectivity index (χ4v) is 2.31. The summed E-state index contributed by atoms with van der Waals surface area (Å²) >= 11 is 0. The van der Waals surface area contributed by atoms with Crippen molar-refractivity contribution < 1.29 is 9.84 Å². The molecule has 0 aromatic rings. The minimum Gasteiger partial charge on any atom is -0.396 e. The van der Waals surface area contributed by atoms with Crippen molar-refractivity contribution in [2.45, 2.75) is 39.2 Å². The molecule has 0 aromatic carbocycles. The maximum Gasteiger partial charge on any atom is 0.0541 e. The number of piperidine rings is 1. The quantitative estimate of drug-likeness (QED) is 0.774. The minimum absolute atomic E-state index is 0.0104. The molecule has 1 heterocycles. The van der Waals surface area contributed by atoms with Crippen LogP contribution >= 0.6 is 0 Å². The second-order valence-corrected chi connectivity index (χ2v) is 5.75. The van der Waals surface area contributed by atoms with Crippen LogP contribution in [-0.2, 0) is 4.74 Å². The van der Waals surface area contributed by atoms with Gasteiger partial charge >= 0.3 is 0 Å². The summed E-state index contributed by atoms with van der Waals surface area (Å²) in [6.07, 6.45) is 2.07. The number of methoxy groups -OCH3 is 1. The van der Waals surface area contributed by atoms with Gasteiger partial charge in [0.1, 0.15) is 0 Å². The van der Waals surface area contributed by atoms with Gasteiger partial charge in [-0.25, -0.2) is 0 Å². The predicted molar refractivity (Wildman–Crippen MR) is 62.0 cm³/mol. The standard InChI is InChI=1S/C12H25NO2/c1-11(2,3)13-7-5-12(9-14,6-8-13)10-15-4/h14H,5-10H2,1-4H3. The molecule has 0 radical (unpaired) electrons. The highest BCUT2D eigenvalue weighted by atomic mass is 16.5. The summed E-state index contributed by atoms with van der Waals surface area (Å²) < 4.78 is 5.22. The summed E-state index contributed by atoms with van der Waals surface area (Å²) in [6.45, 7) is 9.79. The number of rotatable bonds is 3. The molecule has 0 aliphatic carbocycles. The molecule has 90 valence electrons. The summed E-state index contributed by atoms with van der Waals surface area (Å²) in [5.41, 5.74) is 0.255. The lowest BCUT2D eigenvalue weighted by Gasteiger charge is -2.45. The molecule has 1 N–H and O–H groups in total. The molecule has 0 amide bonds. The number of hydrogen-bond acceptors (Lipinski definition) is 3. The van der Waals surface area contributed by atoms with E-state index in [9.17, 15) is 5.11 Å². The van der Waals surface area contributed by atoms with Crippen molar-refractivity contribution in [1.82, 2.24) is 4.90 Å². The van der Waals surface area contributed by atoms with Gasteiger partial charge in [-0.05, 0) is 46.7 Å². The molecule has 1 aliphatic rings. The monoisotopic (exact) mass is 215 g/mol. The molecule has 1 saturated heterocycles. The van der Waals surface area contributed by atoms with Gasteiger partial charge < -0.3 is 9.84 Å². The third-order valence-corrected chi connectivity index (χ3v) is 3.56. The fourth-order valence-electron chi connectivity index (χ4n) is 2.31. The van der Waals surface area contributed by atoms with Gasteiger partial charge in [0, 0.05) is 18.1 Å². The van der Waals surface area contributed by atoms with E-state index >= 15 is 0 Å². The third kappa shape index (κ3) is 3.16. The lowest BCUT2D eigenvalue weighted by atomic mass is 9.79. The third-order valence-electron chi connectivity index (χ3n) is 3.56. The number of aliphatic hydroxyl groups excluding tert-OH is 1. The van der Waals surface area contributed by atoms with Crippen LogP contribution in [-0.4, -0.2) is 49.0 Å². The average Bonchev–Trinajstić information content (AvgIpc) is 2.17. The summed E-state index contributed by atoms with van der Waals surface area (Å²) in [5.74, 6) is 0. The van der Waals surface area contributed by atoms with E-state index in [1.165, 1.54) is 0 Å². The molecule has 1 fully saturated rings. The van der Waals surface area contributed by atoms with Crippen LogP contribution in [0.4, 0.5) is 0 Å². The molecule has 0 atom stereocenters. The second kappa shape index (κ2) is 4.81. The Balaban J connectivity index is 2.53. The Hall–Kier alpha value is -0.120. The van der Waals surface area contributed by atoms with Crippen molar-refractivity contribution in [3.63, 3.8) is 0 Å². The van der Waals surface area contributed by atoms with Crippen LogP contribution in [0.15, 0.2) is 0 Å². The van der Waals surface area contributed by atoms with Crippen molar-refractivity contribution in [2.24, 2.45) is 5.41 Å². The number of nitrogens with zero attached hydrogens (tertiary/aromatic N) is 1. The summed E-state index contributed by atoms with van der Waals surface area (Å²) in [6, 6.07) is 0. The first-order valence-corrected chi connectivity index (χ1v) is 5.78. The van der Waals surface area contributed by atoms with Crippen LogP contribution in [0.2, 0.25) is 0 Å². The SMILES string of the molecule is COCC1(CO)CCN(C(C)(C)C)CC1. The lowest BCUT2D eigenvalue weighted by molar-refractivity contribution is -0.0356. The maximum atomic E-state index is 9.46. The molecule has 0 aromatic heterocycles. The largest absolute Gasteiger partial charge is 0.396 e. The normalized spacial score (nSPS) is 23.0. The first-order chi connectivity index (χ1) is 6.93. The Kier molecular flexibility index (Phi) is 4.15. The van der Waals surface area contributed by atoms with E-state index < -0.39 is 0 Å². The molecule has 0 spiro atoms. The Labute approximate surface area is 93.4 Å². The number of ether oxygens (including phenoxy) is 1. The Morgan fingerprint density at radius 3 is 2.13 bits per heavy atom. The Morgan fingerprint density at radius 1 is 1.27 bits per heavy atom. The zero-order chi connectivity index (χ0) is 11.5. The molecule has 0 bridgehead atoms.